The van der Waals surface area contributed by atoms with Crippen molar-refractivity contribution in [3.63, 3.8) is 0 Å². The van der Waals surface area contributed by atoms with Crippen LogP contribution in [0.4, 0.5) is 5.69 Å². The van der Waals surface area contributed by atoms with Crippen LogP contribution in [0.2, 0.25) is 0 Å². The van der Waals surface area contributed by atoms with Gasteiger partial charge in [-0.1, -0.05) is 18.2 Å². The molecule has 88 valence electrons. The van der Waals surface area contributed by atoms with Crippen molar-refractivity contribution in [3.05, 3.63) is 59.9 Å². The van der Waals surface area contributed by atoms with Gasteiger partial charge < -0.3 is 11.1 Å². The minimum absolute atomic E-state index is 0.828. The van der Waals surface area contributed by atoms with E-state index < -0.39 is 0 Å². The maximum Gasteiger partial charge on any atom is 0.0316 e. The highest BCUT2D eigenvalue weighted by Gasteiger charge is 1.94. The SMILES string of the molecule is Nc1cccc(CCNCc2cccnc2)c1. The molecule has 3 N–H and O–H groups in total. The Balaban J connectivity index is 1.73. The molecule has 0 saturated carbocycles. The fraction of sp³-hybridized carbons (Fsp3) is 0.214. The molecule has 2 aromatic rings. The highest BCUT2D eigenvalue weighted by molar-refractivity contribution is 5.40. The van der Waals surface area contributed by atoms with Crippen LogP contribution in [0.1, 0.15) is 11.1 Å². The van der Waals surface area contributed by atoms with Crippen molar-refractivity contribution in [2.75, 3.05) is 12.3 Å². The van der Waals surface area contributed by atoms with Crippen LogP contribution in [0.15, 0.2) is 48.8 Å². The zero-order chi connectivity index (χ0) is 11.9. The summed E-state index contributed by atoms with van der Waals surface area (Å²) < 4.78 is 0. The van der Waals surface area contributed by atoms with Crippen LogP contribution in [-0.2, 0) is 13.0 Å². The highest BCUT2D eigenvalue weighted by atomic mass is 14.8. The van der Waals surface area contributed by atoms with E-state index in [1.807, 2.05) is 30.5 Å². The van der Waals surface area contributed by atoms with Crippen molar-refractivity contribution in [2.45, 2.75) is 13.0 Å². The highest BCUT2D eigenvalue weighted by Crippen LogP contribution is 2.06. The molecule has 0 bridgehead atoms. The van der Waals surface area contributed by atoms with Gasteiger partial charge in [0.2, 0.25) is 0 Å². The Morgan fingerprint density at radius 1 is 1.12 bits per heavy atom. The molecule has 1 aromatic carbocycles. The standard InChI is InChI=1S/C14H17N3/c15-14-5-1-3-12(9-14)6-8-17-11-13-4-2-7-16-10-13/h1-5,7,9-10,17H,6,8,11,15H2. The van der Waals surface area contributed by atoms with Crippen LogP contribution in [0.3, 0.4) is 0 Å². The lowest BCUT2D eigenvalue weighted by molar-refractivity contribution is 0.685. The molecule has 0 fully saturated rings. The first-order valence-electron chi connectivity index (χ1n) is 5.78. The Kier molecular flexibility index (Phi) is 4.11. The smallest absolute Gasteiger partial charge is 0.0316 e. The maximum atomic E-state index is 5.73. The number of nitrogen functional groups attached to an aromatic ring is 1. The van der Waals surface area contributed by atoms with Crippen LogP contribution in [0.25, 0.3) is 0 Å². The van der Waals surface area contributed by atoms with Gasteiger partial charge in [-0.25, -0.2) is 0 Å². The zero-order valence-electron chi connectivity index (χ0n) is 9.76. The molecular weight excluding hydrogens is 210 g/mol. The molecule has 0 amide bonds. The van der Waals surface area contributed by atoms with E-state index in [4.69, 9.17) is 5.73 Å². The van der Waals surface area contributed by atoms with Gasteiger partial charge in [0.1, 0.15) is 0 Å². The largest absolute Gasteiger partial charge is 0.399 e. The second-order valence-electron chi connectivity index (χ2n) is 4.03. The third-order valence-corrected chi connectivity index (χ3v) is 2.59. The molecule has 1 heterocycles. The lowest BCUT2D eigenvalue weighted by atomic mass is 10.1. The number of aromatic nitrogens is 1. The Morgan fingerprint density at radius 3 is 2.76 bits per heavy atom. The molecule has 0 aliphatic carbocycles. The van der Waals surface area contributed by atoms with Gasteiger partial charge in [-0.05, 0) is 42.3 Å². The monoisotopic (exact) mass is 227 g/mol. The molecule has 0 atom stereocenters. The Hall–Kier alpha value is -1.87. The van der Waals surface area contributed by atoms with E-state index in [1.54, 1.807) is 6.20 Å². The fourth-order valence-electron chi connectivity index (χ4n) is 1.72. The van der Waals surface area contributed by atoms with Gasteiger partial charge in [0.25, 0.3) is 0 Å². The normalized spacial score (nSPS) is 10.4. The number of nitrogens with zero attached hydrogens (tertiary/aromatic N) is 1. The predicted octanol–water partition coefficient (Wildman–Crippen LogP) is 2.00. The molecule has 0 aliphatic rings. The summed E-state index contributed by atoms with van der Waals surface area (Å²) in [6, 6.07) is 12.0. The van der Waals surface area contributed by atoms with E-state index >= 15 is 0 Å². The van der Waals surface area contributed by atoms with Gasteiger partial charge in [0.05, 0.1) is 0 Å². The van der Waals surface area contributed by atoms with E-state index in [-0.39, 0.29) is 0 Å². The van der Waals surface area contributed by atoms with Gasteiger partial charge in [-0.2, -0.15) is 0 Å². The lowest BCUT2D eigenvalue weighted by Crippen LogP contribution is -2.16. The summed E-state index contributed by atoms with van der Waals surface area (Å²) >= 11 is 0. The van der Waals surface area contributed by atoms with E-state index in [1.165, 1.54) is 11.1 Å². The molecule has 0 unspecified atom stereocenters. The third kappa shape index (κ3) is 3.89. The van der Waals surface area contributed by atoms with E-state index in [0.29, 0.717) is 0 Å². The molecule has 3 heteroatoms. The minimum atomic E-state index is 0.828. The Morgan fingerprint density at radius 2 is 2.00 bits per heavy atom. The number of pyridine rings is 1. The lowest BCUT2D eigenvalue weighted by Gasteiger charge is -2.05. The second-order valence-corrected chi connectivity index (χ2v) is 4.03. The molecule has 17 heavy (non-hydrogen) atoms. The average Bonchev–Trinajstić information content (AvgIpc) is 2.36. The molecule has 0 aliphatic heterocycles. The summed E-state index contributed by atoms with van der Waals surface area (Å²) in [6.07, 6.45) is 4.66. The number of rotatable bonds is 5. The average molecular weight is 227 g/mol. The van der Waals surface area contributed by atoms with Crippen LogP contribution < -0.4 is 11.1 Å². The van der Waals surface area contributed by atoms with Gasteiger partial charge in [-0.3, -0.25) is 4.98 Å². The van der Waals surface area contributed by atoms with Crippen LogP contribution in [-0.4, -0.2) is 11.5 Å². The quantitative estimate of drug-likeness (QED) is 0.606. The molecule has 0 saturated heterocycles. The summed E-state index contributed by atoms with van der Waals surface area (Å²) in [7, 11) is 0. The number of hydrogen-bond donors (Lipinski definition) is 2. The number of nitrogens with two attached hydrogens (primary N) is 1. The number of hydrogen-bond acceptors (Lipinski definition) is 3. The van der Waals surface area contributed by atoms with E-state index in [9.17, 15) is 0 Å². The molecule has 0 spiro atoms. The Labute approximate surface area is 102 Å². The van der Waals surface area contributed by atoms with Crippen molar-refractivity contribution in [3.8, 4) is 0 Å². The van der Waals surface area contributed by atoms with Crippen molar-refractivity contribution >= 4 is 5.69 Å². The first-order valence-corrected chi connectivity index (χ1v) is 5.78. The van der Waals surface area contributed by atoms with E-state index in [2.05, 4.69) is 22.4 Å². The van der Waals surface area contributed by atoms with Crippen molar-refractivity contribution in [2.24, 2.45) is 0 Å². The molecule has 2 rings (SSSR count). The minimum Gasteiger partial charge on any atom is -0.399 e. The van der Waals surface area contributed by atoms with Gasteiger partial charge in [0, 0.05) is 24.6 Å². The van der Waals surface area contributed by atoms with Crippen molar-refractivity contribution in [1.29, 1.82) is 0 Å². The number of benzene rings is 1. The number of anilines is 1. The summed E-state index contributed by atoms with van der Waals surface area (Å²) in [5, 5.41) is 3.39. The van der Waals surface area contributed by atoms with Gasteiger partial charge in [-0.15, -0.1) is 0 Å². The third-order valence-electron chi connectivity index (χ3n) is 2.59. The topological polar surface area (TPSA) is 50.9 Å². The molecule has 1 aromatic heterocycles. The number of nitrogens with one attached hydrogen (secondary N) is 1. The summed E-state index contributed by atoms with van der Waals surface area (Å²) in [5.74, 6) is 0. The first-order chi connectivity index (χ1) is 8.34. The van der Waals surface area contributed by atoms with E-state index in [0.717, 1.165) is 25.2 Å². The first kappa shape index (κ1) is 11.6. The van der Waals surface area contributed by atoms with Crippen molar-refractivity contribution in [1.82, 2.24) is 10.3 Å². The molecular formula is C14H17N3. The molecule has 3 nitrogen and oxygen atoms in total. The molecule has 0 radical (unpaired) electrons. The zero-order valence-corrected chi connectivity index (χ0v) is 9.76. The van der Waals surface area contributed by atoms with Crippen LogP contribution in [0, 0.1) is 0 Å². The summed E-state index contributed by atoms with van der Waals surface area (Å²) in [5.41, 5.74) is 9.03. The maximum absolute atomic E-state index is 5.73. The van der Waals surface area contributed by atoms with Crippen LogP contribution in [0.5, 0.6) is 0 Å². The fourth-order valence-corrected chi connectivity index (χ4v) is 1.72. The second kappa shape index (κ2) is 6.01. The van der Waals surface area contributed by atoms with Crippen molar-refractivity contribution < 1.29 is 0 Å². The summed E-state index contributed by atoms with van der Waals surface area (Å²) in [6.45, 7) is 1.80. The van der Waals surface area contributed by atoms with Gasteiger partial charge >= 0.3 is 0 Å². The predicted molar refractivity (Wildman–Crippen MR) is 70.5 cm³/mol. The van der Waals surface area contributed by atoms with Crippen LogP contribution >= 0.6 is 0 Å². The van der Waals surface area contributed by atoms with Gasteiger partial charge in [0.15, 0.2) is 0 Å². The summed E-state index contributed by atoms with van der Waals surface area (Å²) in [4.78, 5) is 4.08. The Bertz CT molecular complexity index is 454.